The molecule has 2 atom stereocenters. The first-order valence-corrected chi connectivity index (χ1v) is 11.3. The van der Waals surface area contributed by atoms with Gasteiger partial charge in [0.05, 0.1) is 7.11 Å². The van der Waals surface area contributed by atoms with Crippen molar-refractivity contribution in [1.29, 1.82) is 0 Å². The van der Waals surface area contributed by atoms with Gasteiger partial charge in [-0.1, -0.05) is 12.0 Å². The Morgan fingerprint density at radius 3 is 2.48 bits per heavy atom. The molecule has 2 fully saturated rings. The van der Waals surface area contributed by atoms with Crippen LogP contribution >= 0.6 is 0 Å². The highest BCUT2D eigenvalue weighted by molar-refractivity contribution is 5.74. The van der Waals surface area contributed by atoms with Gasteiger partial charge in [0.25, 0.3) is 0 Å². The van der Waals surface area contributed by atoms with Crippen molar-refractivity contribution < 1.29 is 14.3 Å². The van der Waals surface area contributed by atoms with Crippen LogP contribution in [-0.4, -0.2) is 85.8 Å². The maximum Gasteiger partial charge on any atom is 0.317 e. The summed E-state index contributed by atoms with van der Waals surface area (Å²) in [5.41, 5.74) is 0.939. The molecule has 2 saturated heterocycles. The van der Waals surface area contributed by atoms with Crippen LogP contribution in [0.5, 0.6) is 11.5 Å². The van der Waals surface area contributed by atoms with Crippen molar-refractivity contribution in [3.63, 3.8) is 0 Å². The van der Waals surface area contributed by atoms with Crippen LogP contribution in [0.25, 0.3) is 0 Å². The molecule has 2 unspecified atom stereocenters. The highest BCUT2D eigenvalue weighted by Crippen LogP contribution is 2.28. The molecule has 0 saturated carbocycles. The summed E-state index contributed by atoms with van der Waals surface area (Å²) in [6, 6.07) is 6.96. The third-order valence-electron chi connectivity index (χ3n) is 6.45. The van der Waals surface area contributed by atoms with Crippen LogP contribution in [0.15, 0.2) is 18.2 Å². The first-order valence-electron chi connectivity index (χ1n) is 11.3. The number of carbonyl (C=O) groups excluding carboxylic acids is 1. The standard InChI is InChI=1S/C24H36N4O3/c1-5-16-31-23-17-21(8-9-22(23)30-4)18-25-24(29)27-13-10-26(11-14-27)12-15-28-19(2)6-7-20(28)3/h1,8-9,17,19-20H,6-7,10-16,18H2,2-4H3,(H,25,29). The number of amides is 2. The average Bonchev–Trinajstić information content (AvgIpc) is 3.12. The molecule has 170 valence electrons. The van der Waals surface area contributed by atoms with Crippen LogP contribution < -0.4 is 14.8 Å². The van der Waals surface area contributed by atoms with E-state index in [4.69, 9.17) is 15.9 Å². The lowest BCUT2D eigenvalue weighted by Crippen LogP contribution is -2.53. The minimum atomic E-state index is -0.0247. The minimum Gasteiger partial charge on any atom is -0.493 e. The van der Waals surface area contributed by atoms with Crippen LogP contribution in [-0.2, 0) is 6.54 Å². The van der Waals surface area contributed by atoms with Crippen molar-refractivity contribution >= 4 is 6.03 Å². The summed E-state index contributed by atoms with van der Waals surface area (Å²) in [7, 11) is 1.59. The zero-order valence-corrected chi connectivity index (χ0v) is 19.1. The smallest absolute Gasteiger partial charge is 0.317 e. The largest absolute Gasteiger partial charge is 0.493 e. The van der Waals surface area contributed by atoms with Crippen molar-refractivity contribution in [2.45, 2.75) is 45.3 Å². The van der Waals surface area contributed by atoms with Crippen molar-refractivity contribution in [1.82, 2.24) is 20.0 Å². The van der Waals surface area contributed by atoms with Crippen LogP contribution in [0.4, 0.5) is 4.79 Å². The Kier molecular flexibility index (Phi) is 8.44. The molecular formula is C24H36N4O3. The number of hydrogen-bond donors (Lipinski definition) is 1. The van der Waals surface area contributed by atoms with E-state index in [9.17, 15) is 4.79 Å². The third-order valence-corrected chi connectivity index (χ3v) is 6.45. The van der Waals surface area contributed by atoms with Crippen LogP contribution in [0.3, 0.4) is 0 Å². The first kappa shape index (κ1) is 23.2. The fraction of sp³-hybridized carbons (Fsp3) is 0.625. The quantitative estimate of drug-likeness (QED) is 0.645. The van der Waals surface area contributed by atoms with Gasteiger partial charge in [-0.2, -0.15) is 0 Å². The number of ether oxygens (including phenoxy) is 2. The van der Waals surface area contributed by atoms with Gasteiger partial charge in [-0.3, -0.25) is 9.80 Å². The van der Waals surface area contributed by atoms with Gasteiger partial charge in [0.2, 0.25) is 0 Å². The van der Waals surface area contributed by atoms with E-state index in [2.05, 4.69) is 34.9 Å². The van der Waals surface area contributed by atoms with Gasteiger partial charge in [0.15, 0.2) is 11.5 Å². The van der Waals surface area contributed by atoms with Gasteiger partial charge in [0, 0.05) is 57.9 Å². The molecule has 1 aromatic carbocycles. The van der Waals surface area contributed by atoms with E-state index in [1.54, 1.807) is 7.11 Å². The second-order valence-electron chi connectivity index (χ2n) is 8.48. The molecule has 2 heterocycles. The summed E-state index contributed by atoms with van der Waals surface area (Å²) in [6.45, 7) is 10.8. The summed E-state index contributed by atoms with van der Waals surface area (Å²) >= 11 is 0. The fourth-order valence-electron chi connectivity index (χ4n) is 4.47. The van der Waals surface area contributed by atoms with Gasteiger partial charge in [0.1, 0.15) is 6.61 Å². The Morgan fingerprint density at radius 2 is 1.84 bits per heavy atom. The Morgan fingerprint density at radius 1 is 1.13 bits per heavy atom. The lowest BCUT2D eigenvalue weighted by Gasteiger charge is -2.36. The number of terminal acetylenes is 1. The number of hydrogen-bond acceptors (Lipinski definition) is 5. The van der Waals surface area contributed by atoms with E-state index in [0.29, 0.717) is 30.1 Å². The van der Waals surface area contributed by atoms with Gasteiger partial charge in [-0.25, -0.2) is 4.79 Å². The molecule has 2 aliphatic heterocycles. The normalized spacial score (nSPS) is 22.2. The monoisotopic (exact) mass is 428 g/mol. The molecule has 1 aromatic rings. The Balaban J connectivity index is 1.41. The van der Waals surface area contributed by atoms with Crippen molar-refractivity contribution in [3.8, 4) is 23.8 Å². The van der Waals surface area contributed by atoms with Gasteiger partial charge in [-0.15, -0.1) is 6.42 Å². The molecule has 31 heavy (non-hydrogen) atoms. The molecular weight excluding hydrogens is 392 g/mol. The summed E-state index contributed by atoms with van der Waals surface area (Å²) in [6.07, 6.45) is 7.89. The predicted molar refractivity (Wildman–Crippen MR) is 122 cm³/mol. The maximum absolute atomic E-state index is 12.6. The highest BCUT2D eigenvalue weighted by Gasteiger charge is 2.28. The van der Waals surface area contributed by atoms with Crippen LogP contribution in [0, 0.1) is 12.3 Å². The first-order chi connectivity index (χ1) is 15.0. The molecule has 3 rings (SSSR count). The zero-order chi connectivity index (χ0) is 22.2. The van der Waals surface area contributed by atoms with E-state index < -0.39 is 0 Å². The molecule has 2 aliphatic rings. The van der Waals surface area contributed by atoms with Gasteiger partial charge >= 0.3 is 6.03 Å². The molecule has 0 bridgehead atoms. The average molecular weight is 429 g/mol. The molecule has 2 amide bonds. The van der Waals surface area contributed by atoms with Crippen molar-refractivity contribution in [3.05, 3.63) is 23.8 Å². The predicted octanol–water partition coefficient (Wildman–Crippen LogP) is 2.41. The second-order valence-corrected chi connectivity index (χ2v) is 8.48. The number of nitrogens with zero attached hydrogens (tertiary/aromatic N) is 3. The Bertz CT molecular complexity index is 761. The third kappa shape index (κ3) is 6.28. The fourth-order valence-corrected chi connectivity index (χ4v) is 4.47. The summed E-state index contributed by atoms with van der Waals surface area (Å²) in [5, 5.41) is 3.02. The summed E-state index contributed by atoms with van der Waals surface area (Å²) < 4.78 is 10.8. The number of likely N-dealkylation sites (tertiary alicyclic amines) is 1. The number of piperazine rings is 1. The van der Waals surface area contributed by atoms with Gasteiger partial charge in [-0.05, 0) is 44.4 Å². The van der Waals surface area contributed by atoms with E-state index in [0.717, 1.165) is 44.8 Å². The lowest BCUT2D eigenvalue weighted by atomic mass is 10.2. The number of methoxy groups -OCH3 is 1. The number of rotatable bonds is 8. The lowest BCUT2D eigenvalue weighted by molar-refractivity contribution is 0.118. The molecule has 0 aliphatic carbocycles. The maximum atomic E-state index is 12.6. The molecule has 7 nitrogen and oxygen atoms in total. The molecule has 0 spiro atoms. The minimum absolute atomic E-state index is 0.0247. The molecule has 0 radical (unpaired) electrons. The zero-order valence-electron chi connectivity index (χ0n) is 19.1. The molecule has 7 heteroatoms. The number of benzene rings is 1. The Hall–Kier alpha value is -2.43. The topological polar surface area (TPSA) is 57.3 Å². The SMILES string of the molecule is C#CCOc1cc(CNC(=O)N2CCN(CCN3C(C)CCC3C)CC2)ccc1OC. The summed E-state index contributed by atoms with van der Waals surface area (Å²) in [4.78, 5) is 19.6. The van der Waals surface area contributed by atoms with E-state index in [1.807, 2.05) is 23.1 Å². The number of nitrogens with one attached hydrogen (secondary N) is 1. The van der Waals surface area contributed by atoms with E-state index in [-0.39, 0.29) is 12.6 Å². The molecule has 0 aromatic heterocycles. The number of urea groups is 1. The van der Waals surface area contributed by atoms with Crippen molar-refractivity contribution in [2.24, 2.45) is 0 Å². The van der Waals surface area contributed by atoms with E-state index in [1.165, 1.54) is 12.8 Å². The second kappa shape index (κ2) is 11.3. The highest BCUT2D eigenvalue weighted by atomic mass is 16.5. The van der Waals surface area contributed by atoms with Gasteiger partial charge < -0.3 is 19.7 Å². The molecule has 1 N–H and O–H groups in total. The Labute approximate surface area is 186 Å². The van der Waals surface area contributed by atoms with Crippen LogP contribution in [0.2, 0.25) is 0 Å². The van der Waals surface area contributed by atoms with Crippen LogP contribution in [0.1, 0.15) is 32.3 Å². The van der Waals surface area contributed by atoms with Crippen molar-refractivity contribution in [2.75, 3.05) is 53.0 Å². The summed E-state index contributed by atoms with van der Waals surface area (Å²) in [5.74, 6) is 3.66. The number of carbonyl (C=O) groups is 1. The van der Waals surface area contributed by atoms with E-state index >= 15 is 0 Å².